The van der Waals surface area contributed by atoms with Crippen molar-refractivity contribution >= 4 is 49.4 Å². The van der Waals surface area contributed by atoms with E-state index in [-0.39, 0.29) is 11.5 Å². The molecule has 4 aromatic rings. The number of thiazole rings is 1. The van der Waals surface area contributed by atoms with Crippen molar-refractivity contribution in [2.45, 2.75) is 0 Å². The lowest BCUT2D eigenvalue weighted by Crippen LogP contribution is -1.90. The number of para-hydroxylation sites is 1. The van der Waals surface area contributed by atoms with Crippen LogP contribution >= 0.6 is 27.3 Å². The number of benzene rings is 3. The zero-order valence-electron chi connectivity index (χ0n) is 14.8. The number of fused-ring (bicyclic) bond motifs is 1. The molecule has 0 fully saturated rings. The van der Waals surface area contributed by atoms with Crippen molar-refractivity contribution in [3.63, 3.8) is 0 Å². The van der Waals surface area contributed by atoms with Gasteiger partial charge in [-0.15, -0.1) is 11.3 Å². The number of hydrogen-bond acceptors (Lipinski definition) is 6. The molecular formula is C21H15BrN2O3S. The highest BCUT2D eigenvalue weighted by Gasteiger charge is 2.12. The quantitative estimate of drug-likeness (QED) is 0.376. The summed E-state index contributed by atoms with van der Waals surface area (Å²) in [6.07, 6.45) is 1.55. The van der Waals surface area contributed by atoms with Gasteiger partial charge in [0.1, 0.15) is 10.8 Å². The first-order valence-corrected chi connectivity index (χ1v) is 9.96. The van der Waals surface area contributed by atoms with Crippen LogP contribution in [0.2, 0.25) is 0 Å². The zero-order chi connectivity index (χ0) is 19.7. The van der Waals surface area contributed by atoms with E-state index in [0.717, 1.165) is 15.2 Å². The van der Waals surface area contributed by atoms with Crippen LogP contribution in [0.3, 0.4) is 0 Å². The van der Waals surface area contributed by atoms with Gasteiger partial charge in [-0.3, -0.25) is 4.99 Å². The lowest BCUT2D eigenvalue weighted by Gasteiger charge is -2.07. The average molecular weight is 455 g/mol. The van der Waals surface area contributed by atoms with Gasteiger partial charge in [0, 0.05) is 10.7 Å². The maximum absolute atomic E-state index is 10.3. The topological polar surface area (TPSA) is 74.9 Å². The van der Waals surface area contributed by atoms with E-state index in [4.69, 9.17) is 4.74 Å². The van der Waals surface area contributed by atoms with Crippen LogP contribution in [-0.4, -0.2) is 28.5 Å². The Hall–Kier alpha value is -2.90. The summed E-state index contributed by atoms with van der Waals surface area (Å²) < 4.78 is 6.89. The fraction of sp³-hybridized carbons (Fsp3) is 0.0476. The Morgan fingerprint density at radius 3 is 2.71 bits per heavy atom. The van der Waals surface area contributed by atoms with Gasteiger partial charge in [-0.05, 0) is 58.4 Å². The van der Waals surface area contributed by atoms with Crippen LogP contribution in [0.15, 0.2) is 64.1 Å². The molecule has 0 spiro atoms. The van der Waals surface area contributed by atoms with Gasteiger partial charge in [0.2, 0.25) is 0 Å². The summed E-state index contributed by atoms with van der Waals surface area (Å²) in [6, 6.07) is 16.4. The monoisotopic (exact) mass is 454 g/mol. The first-order valence-electron chi connectivity index (χ1n) is 8.35. The van der Waals surface area contributed by atoms with Crippen molar-refractivity contribution in [3.05, 3.63) is 64.6 Å². The van der Waals surface area contributed by atoms with E-state index in [1.165, 1.54) is 18.4 Å². The second kappa shape index (κ2) is 7.61. The van der Waals surface area contributed by atoms with E-state index in [0.29, 0.717) is 27.0 Å². The Bertz CT molecular complexity index is 1170. The molecule has 1 aromatic heterocycles. The lowest BCUT2D eigenvalue weighted by molar-refractivity contribution is 0.373. The minimum absolute atomic E-state index is 0.00537. The molecule has 3 aromatic carbocycles. The number of aliphatic imine (C=N–C) groups is 1. The molecule has 7 heteroatoms. The van der Waals surface area contributed by atoms with Crippen LogP contribution in [0.25, 0.3) is 20.8 Å². The van der Waals surface area contributed by atoms with Gasteiger partial charge in [-0.1, -0.05) is 12.1 Å². The highest BCUT2D eigenvalue weighted by molar-refractivity contribution is 9.10. The van der Waals surface area contributed by atoms with Crippen molar-refractivity contribution in [2.24, 2.45) is 4.99 Å². The van der Waals surface area contributed by atoms with Gasteiger partial charge in [0.05, 0.1) is 34.1 Å². The number of aromatic nitrogens is 1. The molecule has 0 aliphatic rings. The summed E-state index contributed by atoms with van der Waals surface area (Å²) in [5.41, 5.74) is 2.64. The molecule has 0 saturated carbocycles. The molecule has 140 valence electrons. The predicted molar refractivity (Wildman–Crippen MR) is 116 cm³/mol. The second-order valence-electron chi connectivity index (χ2n) is 5.96. The fourth-order valence-electron chi connectivity index (χ4n) is 2.75. The molecule has 0 unspecified atom stereocenters. The van der Waals surface area contributed by atoms with Crippen LogP contribution in [0.5, 0.6) is 17.2 Å². The van der Waals surface area contributed by atoms with Gasteiger partial charge < -0.3 is 14.9 Å². The SMILES string of the molecule is COc1ccc(Br)c(C=Nc2ccc(O)c(-c3nc4ccccc4s3)c2)c1O. The Morgan fingerprint density at radius 2 is 1.93 bits per heavy atom. The summed E-state index contributed by atoms with van der Waals surface area (Å²) in [7, 11) is 1.49. The standard InChI is InChI=1S/C21H15BrN2O3S/c1-27-18-9-7-15(22)14(20(18)26)11-23-12-6-8-17(25)13(10-12)21-24-16-4-2-3-5-19(16)28-21/h2-11,25-26H,1H3. The Kier molecular flexibility index (Phi) is 5.02. The molecule has 2 N–H and O–H groups in total. The van der Waals surface area contributed by atoms with Crippen LogP contribution in [0, 0.1) is 0 Å². The number of rotatable bonds is 4. The normalized spacial score (nSPS) is 11.4. The van der Waals surface area contributed by atoms with E-state index in [1.807, 2.05) is 24.3 Å². The summed E-state index contributed by atoms with van der Waals surface area (Å²) in [4.78, 5) is 9.05. The molecule has 0 atom stereocenters. The van der Waals surface area contributed by atoms with Gasteiger partial charge in [0.25, 0.3) is 0 Å². The number of methoxy groups -OCH3 is 1. The Labute approximate surface area is 173 Å². The van der Waals surface area contributed by atoms with E-state index < -0.39 is 0 Å². The maximum Gasteiger partial charge on any atom is 0.167 e. The smallest absolute Gasteiger partial charge is 0.167 e. The zero-order valence-corrected chi connectivity index (χ0v) is 17.2. The fourth-order valence-corrected chi connectivity index (χ4v) is 4.17. The number of nitrogens with zero attached hydrogens (tertiary/aromatic N) is 2. The van der Waals surface area contributed by atoms with Crippen molar-refractivity contribution < 1.29 is 14.9 Å². The van der Waals surface area contributed by atoms with Crippen LogP contribution in [0.4, 0.5) is 5.69 Å². The number of hydrogen-bond donors (Lipinski definition) is 2. The van der Waals surface area contributed by atoms with Crippen molar-refractivity contribution in [3.8, 4) is 27.8 Å². The molecule has 0 aliphatic carbocycles. The van der Waals surface area contributed by atoms with E-state index in [1.54, 1.807) is 36.5 Å². The number of phenols is 2. The third-order valence-electron chi connectivity index (χ3n) is 4.19. The predicted octanol–water partition coefficient (Wildman–Crippen LogP) is 5.90. The van der Waals surface area contributed by atoms with Crippen molar-refractivity contribution in [1.29, 1.82) is 0 Å². The van der Waals surface area contributed by atoms with Gasteiger partial charge in [0.15, 0.2) is 11.5 Å². The number of aromatic hydroxyl groups is 2. The summed E-state index contributed by atoms with van der Waals surface area (Å²) in [5.74, 6) is 0.514. The van der Waals surface area contributed by atoms with Gasteiger partial charge in [-0.2, -0.15) is 0 Å². The highest BCUT2D eigenvalue weighted by Crippen LogP contribution is 2.38. The Balaban J connectivity index is 1.73. The van der Waals surface area contributed by atoms with Crippen LogP contribution < -0.4 is 4.74 Å². The summed E-state index contributed by atoms with van der Waals surface area (Å²) in [6.45, 7) is 0. The molecule has 4 rings (SSSR count). The molecule has 28 heavy (non-hydrogen) atoms. The lowest BCUT2D eigenvalue weighted by atomic mass is 10.1. The minimum Gasteiger partial charge on any atom is -0.507 e. The van der Waals surface area contributed by atoms with Gasteiger partial charge >= 0.3 is 0 Å². The van der Waals surface area contributed by atoms with Crippen LogP contribution in [-0.2, 0) is 0 Å². The van der Waals surface area contributed by atoms with Crippen molar-refractivity contribution in [1.82, 2.24) is 4.98 Å². The minimum atomic E-state index is 0.00537. The summed E-state index contributed by atoms with van der Waals surface area (Å²) >= 11 is 4.92. The maximum atomic E-state index is 10.3. The molecule has 0 bridgehead atoms. The van der Waals surface area contributed by atoms with E-state index in [2.05, 4.69) is 25.9 Å². The Morgan fingerprint density at radius 1 is 1.11 bits per heavy atom. The average Bonchev–Trinajstić information content (AvgIpc) is 3.13. The third kappa shape index (κ3) is 3.46. The number of phenolic OH excluding ortho intramolecular Hbond substituents is 2. The largest absolute Gasteiger partial charge is 0.507 e. The number of ether oxygens (including phenoxy) is 1. The molecule has 5 nitrogen and oxygen atoms in total. The first kappa shape index (κ1) is 18.5. The molecule has 0 saturated heterocycles. The molecule has 0 aliphatic heterocycles. The molecule has 0 radical (unpaired) electrons. The number of halogens is 1. The molecule has 0 amide bonds. The van der Waals surface area contributed by atoms with E-state index in [9.17, 15) is 10.2 Å². The molecular weight excluding hydrogens is 440 g/mol. The van der Waals surface area contributed by atoms with Crippen molar-refractivity contribution in [2.75, 3.05) is 7.11 Å². The van der Waals surface area contributed by atoms with Gasteiger partial charge in [-0.25, -0.2) is 4.98 Å². The second-order valence-corrected chi connectivity index (χ2v) is 7.84. The van der Waals surface area contributed by atoms with Crippen LogP contribution in [0.1, 0.15) is 5.56 Å². The third-order valence-corrected chi connectivity index (χ3v) is 5.96. The van der Waals surface area contributed by atoms with E-state index >= 15 is 0 Å². The summed E-state index contributed by atoms with van der Waals surface area (Å²) in [5, 5.41) is 21.3. The highest BCUT2D eigenvalue weighted by atomic mass is 79.9. The first-order chi connectivity index (χ1) is 13.6. The molecule has 1 heterocycles.